The Kier molecular flexibility index (Phi) is 2.41. The minimum atomic E-state index is -0.526. The van der Waals surface area contributed by atoms with E-state index < -0.39 is 11.5 Å². The standard InChI is InChI=1S/C10H6N2O2/c1-2-7-6(4-11)3-9(13)10(14)8(7)5-12/h2-3,13-14H,1H2. The first-order valence-electron chi connectivity index (χ1n) is 3.67. The fourth-order valence-electron chi connectivity index (χ4n) is 1.09. The Bertz CT molecular complexity index is 478. The Morgan fingerprint density at radius 3 is 2.36 bits per heavy atom. The van der Waals surface area contributed by atoms with Gasteiger partial charge in [-0.3, -0.25) is 0 Å². The van der Waals surface area contributed by atoms with Crippen molar-refractivity contribution in [1.82, 2.24) is 0 Å². The predicted octanol–water partition coefficient (Wildman–Crippen LogP) is 1.48. The number of hydrogen-bond donors (Lipinski definition) is 2. The van der Waals surface area contributed by atoms with Crippen molar-refractivity contribution in [3.63, 3.8) is 0 Å². The minimum Gasteiger partial charge on any atom is -0.504 e. The Hall–Kier alpha value is -2.46. The molecule has 1 aromatic rings. The fraction of sp³-hybridized carbons (Fsp3) is 0. The van der Waals surface area contributed by atoms with E-state index >= 15 is 0 Å². The van der Waals surface area contributed by atoms with Crippen LogP contribution in [0.5, 0.6) is 11.5 Å². The summed E-state index contributed by atoms with van der Waals surface area (Å²) < 4.78 is 0. The highest BCUT2D eigenvalue weighted by Gasteiger charge is 2.14. The predicted molar refractivity (Wildman–Crippen MR) is 49.3 cm³/mol. The summed E-state index contributed by atoms with van der Waals surface area (Å²) in [4.78, 5) is 0. The number of rotatable bonds is 1. The second-order valence-electron chi connectivity index (χ2n) is 2.51. The van der Waals surface area contributed by atoms with E-state index in [1.54, 1.807) is 12.1 Å². The Morgan fingerprint density at radius 1 is 1.29 bits per heavy atom. The van der Waals surface area contributed by atoms with Crippen LogP contribution in [0.4, 0.5) is 0 Å². The number of aromatic hydroxyl groups is 2. The number of nitrogens with zero attached hydrogens (tertiary/aromatic N) is 2. The second kappa shape index (κ2) is 3.51. The maximum Gasteiger partial charge on any atom is 0.176 e. The normalized spacial score (nSPS) is 8.71. The van der Waals surface area contributed by atoms with Crippen molar-refractivity contribution in [2.75, 3.05) is 0 Å². The summed E-state index contributed by atoms with van der Waals surface area (Å²) in [6.07, 6.45) is 1.29. The van der Waals surface area contributed by atoms with Gasteiger partial charge in [0.1, 0.15) is 11.6 Å². The number of nitriles is 2. The highest BCUT2D eigenvalue weighted by Crippen LogP contribution is 2.33. The molecular weight excluding hydrogens is 180 g/mol. The molecule has 4 nitrogen and oxygen atoms in total. The largest absolute Gasteiger partial charge is 0.504 e. The molecule has 0 aliphatic carbocycles. The van der Waals surface area contributed by atoms with E-state index in [0.29, 0.717) is 0 Å². The van der Waals surface area contributed by atoms with Gasteiger partial charge in [0.2, 0.25) is 0 Å². The summed E-state index contributed by atoms with van der Waals surface area (Å²) in [5, 5.41) is 35.9. The smallest absolute Gasteiger partial charge is 0.176 e. The van der Waals surface area contributed by atoms with Crippen LogP contribution in [-0.2, 0) is 0 Å². The van der Waals surface area contributed by atoms with Crippen molar-refractivity contribution in [3.05, 3.63) is 29.3 Å². The van der Waals surface area contributed by atoms with Crippen LogP contribution in [0.3, 0.4) is 0 Å². The topological polar surface area (TPSA) is 88.0 Å². The second-order valence-corrected chi connectivity index (χ2v) is 2.51. The van der Waals surface area contributed by atoms with Crippen LogP contribution in [0.25, 0.3) is 6.08 Å². The van der Waals surface area contributed by atoms with Crippen molar-refractivity contribution in [3.8, 4) is 23.6 Å². The zero-order valence-electron chi connectivity index (χ0n) is 7.15. The highest BCUT2D eigenvalue weighted by atomic mass is 16.3. The lowest BCUT2D eigenvalue weighted by atomic mass is 10.0. The average molecular weight is 186 g/mol. The molecule has 0 spiro atoms. The number of benzene rings is 1. The number of phenols is 2. The van der Waals surface area contributed by atoms with Gasteiger partial charge in [-0.2, -0.15) is 10.5 Å². The van der Waals surface area contributed by atoms with Crippen molar-refractivity contribution in [2.24, 2.45) is 0 Å². The van der Waals surface area contributed by atoms with Gasteiger partial charge in [-0.15, -0.1) is 0 Å². The van der Waals surface area contributed by atoms with E-state index in [4.69, 9.17) is 10.5 Å². The van der Waals surface area contributed by atoms with E-state index in [2.05, 4.69) is 6.58 Å². The molecule has 1 rings (SSSR count). The molecule has 0 aliphatic rings. The number of hydrogen-bond acceptors (Lipinski definition) is 4. The van der Waals surface area contributed by atoms with Crippen LogP contribution in [0.1, 0.15) is 16.7 Å². The van der Waals surface area contributed by atoms with Gasteiger partial charge in [0, 0.05) is 11.6 Å². The van der Waals surface area contributed by atoms with Gasteiger partial charge in [0.15, 0.2) is 11.5 Å². The van der Waals surface area contributed by atoms with Gasteiger partial charge in [0.25, 0.3) is 0 Å². The molecule has 0 heterocycles. The molecule has 0 atom stereocenters. The van der Waals surface area contributed by atoms with Gasteiger partial charge in [-0.05, 0) is 0 Å². The molecule has 0 amide bonds. The molecule has 2 N–H and O–H groups in total. The third-order valence-corrected chi connectivity index (χ3v) is 1.76. The van der Waals surface area contributed by atoms with Gasteiger partial charge in [-0.25, -0.2) is 0 Å². The van der Waals surface area contributed by atoms with Crippen LogP contribution < -0.4 is 0 Å². The molecule has 0 bridgehead atoms. The molecule has 0 radical (unpaired) electrons. The lowest BCUT2D eigenvalue weighted by Gasteiger charge is -2.05. The lowest BCUT2D eigenvalue weighted by Crippen LogP contribution is -1.89. The summed E-state index contributed by atoms with van der Waals surface area (Å²) in [5.41, 5.74) is 0.189. The van der Waals surface area contributed by atoms with Crippen LogP contribution in [-0.4, -0.2) is 10.2 Å². The van der Waals surface area contributed by atoms with Crippen LogP contribution >= 0.6 is 0 Å². The SMILES string of the molecule is C=Cc1c(C#N)cc(O)c(O)c1C#N. The fourth-order valence-corrected chi connectivity index (χ4v) is 1.09. The average Bonchev–Trinajstić information content (AvgIpc) is 2.20. The molecule has 0 saturated carbocycles. The molecule has 0 aliphatic heterocycles. The van der Waals surface area contributed by atoms with Gasteiger partial charge in [-0.1, -0.05) is 12.7 Å². The van der Waals surface area contributed by atoms with Crippen molar-refractivity contribution in [2.45, 2.75) is 0 Å². The van der Waals surface area contributed by atoms with Crippen molar-refractivity contribution in [1.29, 1.82) is 10.5 Å². The van der Waals surface area contributed by atoms with E-state index in [1.807, 2.05) is 0 Å². The van der Waals surface area contributed by atoms with E-state index in [-0.39, 0.29) is 16.7 Å². The van der Waals surface area contributed by atoms with Gasteiger partial charge >= 0.3 is 0 Å². The van der Waals surface area contributed by atoms with Crippen molar-refractivity contribution < 1.29 is 10.2 Å². The molecule has 68 valence electrons. The third-order valence-electron chi connectivity index (χ3n) is 1.76. The molecule has 0 aromatic heterocycles. The molecule has 4 heteroatoms. The molecule has 0 fully saturated rings. The first kappa shape index (κ1) is 9.63. The Balaban J connectivity index is 3.71. The number of phenolic OH excluding ortho intramolecular Hbond substituents is 2. The molecule has 0 saturated heterocycles. The van der Waals surface area contributed by atoms with E-state index in [9.17, 15) is 10.2 Å². The lowest BCUT2D eigenvalue weighted by molar-refractivity contribution is 0.402. The molecule has 14 heavy (non-hydrogen) atoms. The molecule has 1 aromatic carbocycles. The Labute approximate surface area is 80.6 Å². The van der Waals surface area contributed by atoms with E-state index in [0.717, 1.165) is 6.07 Å². The summed E-state index contributed by atoms with van der Waals surface area (Å²) >= 11 is 0. The zero-order valence-corrected chi connectivity index (χ0v) is 7.15. The van der Waals surface area contributed by atoms with Crippen molar-refractivity contribution >= 4 is 6.08 Å². The van der Waals surface area contributed by atoms with Crippen LogP contribution in [0.2, 0.25) is 0 Å². The molecular formula is C10H6N2O2. The van der Waals surface area contributed by atoms with Crippen LogP contribution in [0.15, 0.2) is 12.6 Å². The van der Waals surface area contributed by atoms with Gasteiger partial charge in [0.05, 0.1) is 11.6 Å². The minimum absolute atomic E-state index is 0.104. The first-order chi connectivity index (χ1) is 6.65. The zero-order chi connectivity index (χ0) is 10.7. The maximum absolute atomic E-state index is 9.30. The maximum atomic E-state index is 9.30. The van der Waals surface area contributed by atoms with Gasteiger partial charge < -0.3 is 10.2 Å². The monoisotopic (exact) mass is 186 g/mol. The summed E-state index contributed by atoms with van der Waals surface area (Å²) in [5.74, 6) is -1.01. The van der Waals surface area contributed by atoms with Crippen LogP contribution in [0, 0.1) is 22.7 Å². The first-order valence-corrected chi connectivity index (χ1v) is 3.67. The molecule has 0 unspecified atom stereocenters. The quantitative estimate of drug-likeness (QED) is 0.650. The summed E-state index contributed by atoms with van der Waals surface area (Å²) in [6.45, 7) is 3.42. The van der Waals surface area contributed by atoms with E-state index in [1.165, 1.54) is 6.08 Å². The third kappa shape index (κ3) is 1.26. The summed E-state index contributed by atoms with van der Waals surface area (Å²) in [7, 11) is 0. The highest BCUT2D eigenvalue weighted by molar-refractivity contribution is 5.70. The summed E-state index contributed by atoms with van der Waals surface area (Å²) in [6, 6.07) is 4.58. The Morgan fingerprint density at radius 2 is 1.93 bits per heavy atom.